The largest absolute Gasteiger partial charge is 0.490 e. The first-order valence-electron chi connectivity index (χ1n) is 13.5. The van der Waals surface area contributed by atoms with Gasteiger partial charge < -0.3 is 30.3 Å². The fourth-order valence-electron chi connectivity index (χ4n) is 5.45. The van der Waals surface area contributed by atoms with Crippen LogP contribution in [0.3, 0.4) is 0 Å². The zero-order chi connectivity index (χ0) is 25.5. The number of urea groups is 1. The fraction of sp³-hybridized carbons (Fsp3) is 0.667. The average Bonchev–Trinajstić information content (AvgIpc) is 2.89. The smallest absolute Gasteiger partial charge is 0.319 e. The lowest BCUT2D eigenvalue weighted by Gasteiger charge is -2.42. The molecule has 36 heavy (non-hydrogen) atoms. The molecule has 2 aliphatic heterocycles. The normalized spacial score (nSPS) is 24.4. The summed E-state index contributed by atoms with van der Waals surface area (Å²) in [4.78, 5) is 39.7. The number of benzene rings is 1. The lowest BCUT2D eigenvalue weighted by atomic mass is 9.89. The Labute approximate surface area is 213 Å². The average molecular weight is 501 g/mol. The van der Waals surface area contributed by atoms with Crippen molar-refractivity contribution in [3.8, 4) is 5.75 Å². The maximum absolute atomic E-state index is 13.3. The fourth-order valence-corrected chi connectivity index (χ4v) is 5.45. The van der Waals surface area contributed by atoms with Crippen molar-refractivity contribution >= 4 is 23.5 Å². The molecule has 0 aromatic heterocycles. The van der Waals surface area contributed by atoms with Gasteiger partial charge in [-0.15, -0.1) is 0 Å². The number of hydrogen-bond donors (Lipinski definition) is 3. The molecule has 2 heterocycles. The van der Waals surface area contributed by atoms with Crippen molar-refractivity contribution in [1.82, 2.24) is 15.5 Å². The minimum atomic E-state index is -0.311. The number of nitrogens with zero attached hydrogens (tertiary/aromatic N) is 1. The standard InChI is InChI=1S/C27H40N4O5/c1-3-13-28-27(34)30-19-9-12-23-21(14-19)26(33)31(2)22-11-10-20(36-24(22)17-35-23)15-25(32)29-16-18-7-5-4-6-8-18/h9,12,14,18,20,22,24H,3-8,10-11,13,15-17H2,1-2H3,(H,29,32)(H2,28,30,34)/t20-,22+,24+/m0/s1. The SMILES string of the molecule is CCCNC(=O)Nc1ccc2c(c1)C(=O)N(C)[C@@H]1CC[C@@H](CC(=O)NCC3CCCCC3)O[C@@H]1CO2. The number of nitrogens with one attached hydrogen (secondary N) is 3. The van der Waals surface area contributed by atoms with Crippen LogP contribution in [0, 0.1) is 5.92 Å². The van der Waals surface area contributed by atoms with Gasteiger partial charge in [0, 0.05) is 25.8 Å². The second kappa shape index (κ2) is 12.4. The van der Waals surface area contributed by atoms with E-state index in [1.165, 1.54) is 32.1 Å². The number of ether oxygens (including phenoxy) is 2. The molecule has 1 aromatic carbocycles. The molecule has 0 radical (unpaired) electrons. The topological polar surface area (TPSA) is 109 Å². The van der Waals surface area contributed by atoms with Gasteiger partial charge in [0.25, 0.3) is 5.91 Å². The molecule has 9 heteroatoms. The van der Waals surface area contributed by atoms with E-state index in [1.54, 1.807) is 30.1 Å². The summed E-state index contributed by atoms with van der Waals surface area (Å²) in [7, 11) is 1.78. The van der Waals surface area contributed by atoms with Crippen LogP contribution in [0.15, 0.2) is 18.2 Å². The summed E-state index contributed by atoms with van der Waals surface area (Å²) in [6.45, 7) is 3.60. The van der Waals surface area contributed by atoms with Gasteiger partial charge in [0.2, 0.25) is 5.91 Å². The predicted octanol–water partition coefficient (Wildman–Crippen LogP) is 3.69. The van der Waals surface area contributed by atoms with Crippen LogP contribution in [0.4, 0.5) is 10.5 Å². The van der Waals surface area contributed by atoms with E-state index in [1.807, 2.05) is 6.92 Å². The summed E-state index contributed by atoms with van der Waals surface area (Å²) in [5.41, 5.74) is 0.942. The van der Waals surface area contributed by atoms with Crippen LogP contribution >= 0.6 is 0 Å². The molecule has 1 aromatic rings. The predicted molar refractivity (Wildman–Crippen MR) is 137 cm³/mol. The number of fused-ring (bicyclic) bond motifs is 2. The van der Waals surface area contributed by atoms with E-state index in [4.69, 9.17) is 9.47 Å². The molecule has 3 atom stereocenters. The van der Waals surface area contributed by atoms with Gasteiger partial charge in [-0.05, 0) is 56.2 Å². The quantitative estimate of drug-likeness (QED) is 0.529. The van der Waals surface area contributed by atoms with E-state index in [2.05, 4.69) is 16.0 Å². The third kappa shape index (κ3) is 6.69. The van der Waals surface area contributed by atoms with Gasteiger partial charge in [-0.3, -0.25) is 9.59 Å². The monoisotopic (exact) mass is 500 g/mol. The maximum atomic E-state index is 13.3. The van der Waals surface area contributed by atoms with Crippen LogP contribution < -0.4 is 20.7 Å². The summed E-state index contributed by atoms with van der Waals surface area (Å²) in [6.07, 6.45) is 8.36. The number of rotatable bonds is 7. The number of carbonyl (C=O) groups is 3. The van der Waals surface area contributed by atoms with Gasteiger partial charge >= 0.3 is 6.03 Å². The Morgan fingerprint density at radius 3 is 2.67 bits per heavy atom. The molecule has 198 valence electrons. The molecular formula is C27H40N4O5. The Morgan fingerprint density at radius 2 is 1.89 bits per heavy atom. The molecule has 1 saturated heterocycles. The van der Waals surface area contributed by atoms with Gasteiger partial charge in [-0.25, -0.2) is 4.79 Å². The first-order chi connectivity index (χ1) is 17.4. The Bertz CT molecular complexity index is 933. The second-order valence-corrected chi connectivity index (χ2v) is 10.3. The molecule has 3 aliphatic rings. The van der Waals surface area contributed by atoms with Gasteiger partial charge in [0.1, 0.15) is 18.5 Å². The van der Waals surface area contributed by atoms with Crippen LogP contribution in [0.1, 0.15) is 75.1 Å². The highest BCUT2D eigenvalue weighted by atomic mass is 16.5. The van der Waals surface area contributed by atoms with Crippen molar-refractivity contribution in [3.05, 3.63) is 23.8 Å². The first-order valence-corrected chi connectivity index (χ1v) is 13.5. The van der Waals surface area contributed by atoms with Crippen molar-refractivity contribution in [3.63, 3.8) is 0 Å². The number of hydrogen-bond acceptors (Lipinski definition) is 5. The van der Waals surface area contributed by atoms with Crippen LogP contribution in [0.5, 0.6) is 5.75 Å². The highest BCUT2D eigenvalue weighted by Gasteiger charge is 2.39. The van der Waals surface area contributed by atoms with Crippen LogP contribution in [-0.4, -0.2) is 67.7 Å². The molecule has 1 aliphatic carbocycles. The molecule has 0 spiro atoms. The van der Waals surface area contributed by atoms with Crippen LogP contribution in [0.25, 0.3) is 0 Å². The summed E-state index contributed by atoms with van der Waals surface area (Å²) in [6, 6.07) is 4.63. The highest BCUT2D eigenvalue weighted by molar-refractivity contribution is 5.99. The van der Waals surface area contributed by atoms with Crippen molar-refractivity contribution in [1.29, 1.82) is 0 Å². The number of amides is 4. The lowest BCUT2D eigenvalue weighted by Crippen LogP contribution is -2.54. The van der Waals surface area contributed by atoms with Crippen molar-refractivity contribution in [2.24, 2.45) is 5.92 Å². The van der Waals surface area contributed by atoms with E-state index in [-0.39, 0.29) is 36.1 Å². The molecular weight excluding hydrogens is 460 g/mol. The van der Waals surface area contributed by atoms with Gasteiger partial charge in [0.15, 0.2) is 0 Å². The lowest BCUT2D eigenvalue weighted by molar-refractivity contribution is -0.134. The van der Waals surface area contributed by atoms with Gasteiger partial charge in [-0.2, -0.15) is 0 Å². The van der Waals surface area contributed by atoms with E-state index in [0.717, 1.165) is 19.4 Å². The summed E-state index contributed by atoms with van der Waals surface area (Å²) < 4.78 is 12.3. The van der Waals surface area contributed by atoms with E-state index in [0.29, 0.717) is 48.9 Å². The van der Waals surface area contributed by atoms with Crippen molar-refractivity contribution < 1.29 is 23.9 Å². The molecule has 2 fully saturated rings. The minimum absolute atomic E-state index is 0.0357. The van der Waals surface area contributed by atoms with E-state index in [9.17, 15) is 14.4 Å². The first kappa shape index (κ1) is 26.3. The van der Waals surface area contributed by atoms with Crippen molar-refractivity contribution in [2.75, 3.05) is 32.1 Å². The Morgan fingerprint density at radius 1 is 1.08 bits per heavy atom. The summed E-state index contributed by atoms with van der Waals surface area (Å²) in [5, 5.41) is 8.64. The van der Waals surface area contributed by atoms with E-state index < -0.39 is 0 Å². The number of anilines is 1. The highest BCUT2D eigenvalue weighted by Crippen LogP contribution is 2.32. The Kier molecular flexibility index (Phi) is 9.07. The third-order valence-electron chi connectivity index (χ3n) is 7.53. The van der Waals surface area contributed by atoms with Crippen molar-refractivity contribution in [2.45, 2.75) is 83.0 Å². The van der Waals surface area contributed by atoms with Crippen LogP contribution in [-0.2, 0) is 9.53 Å². The van der Waals surface area contributed by atoms with Gasteiger partial charge in [-0.1, -0.05) is 26.2 Å². The zero-order valence-electron chi connectivity index (χ0n) is 21.5. The molecule has 4 amide bonds. The molecule has 0 bridgehead atoms. The summed E-state index contributed by atoms with van der Waals surface area (Å²) >= 11 is 0. The van der Waals surface area contributed by atoms with E-state index >= 15 is 0 Å². The Hall–Kier alpha value is -2.81. The third-order valence-corrected chi connectivity index (χ3v) is 7.53. The number of carbonyl (C=O) groups excluding carboxylic acids is 3. The molecule has 4 rings (SSSR count). The summed E-state index contributed by atoms with van der Waals surface area (Å²) in [5.74, 6) is 0.915. The molecule has 3 N–H and O–H groups in total. The molecule has 9 nitrogen and oxygen atoms in total. The molecule has 1 saturated carbocycles. The van der Waals surface area contributed by atoms with Gasteiger partial charge in [0.05, 0.1) is 24.1 Å². The van der Waals surface area contributed by atoms with Crippen LogP contribution in [0.2, 0.25) is 0 Å². The second-order valence-electron chi connectivity index (χ2n) is 10.3. The maximum Gasteiger partial charge on any atom is 0.319 e. The zero-order valence-corrected chi connectivity index (χ0v) is 21.5. The molecule has 0 unspecified atom stereocenters. The Balaban J connectivity index is 1.34. The minimum Gasteiger partial charge on any atom is -0.490 e. The number of likely N-dealkylation sites (N-methyl/N-ethyl adjacent to an activating group) is 1.